The highest BCUT2D eigenvalue weighted by molar-refractivity contribution is 7.91. The summed E-state index contributed by atoms with van der Waals surface area (Å²) >= 11 is 1.00. The van der Waals surface area contributed by atoms with Crippen molar-refractivity contribution >= 4 is 27.3 Å². The second kappa shape index (κ2) is 7.04. The van der Waals surface area contributed by atoms with E-state index in [1.54, 1.807) is 6.07 Å². The maximum absolute atomic E-state index is 12.5. The zero-order valence-electron chi connectivity index (χ0n) is 13.4. The van der Waals surface area contributed by atoms with E-state index in [0.717, 1.165) is 29.7 Å². The average molecular weight is 364 g/mol. The summed E-state index contributed by atoms with van der Waals surface area (Å²) in [5.41, 5.74) is 1.15. The van der Waals surface area contributed by atoms with Gasteiger partial charge in [0.15, 0.2) is 0 Å². The molecule has 1 fully saturated rings. The lowest BCUT2D eigenvalue weighted by atomic mass is 10.1. The van der Waals surface area contributed by atoms with Gasteiger partial charge < -0.3 is 5.32 Å². The number of sulfonamides is 1. The summed E-state index contributed by atoms with van der Waals surface area (Å²) < 4.78 is 27.9. The van der Waals surface area contributed by atoms with Crippen molar-refractivity contribution in [3.8, 4) is 0 Å². The van der Waals surface area contributed by atoms with E-state index in [4.69, 9.17) is 0 Å². The Bertz CT molecular complexity index is 815. The average Bonchev–Trinajstić information content (AvgIpc) is 3.13. The predicted octanol–water partition coefficient (Wildman–Crippen LogP) is 2.72. The van der Waals surface area contributed by atoms with Crippen LogP contribution in [0.25, 0.3) is 0 Å². The Morgan fingerprint density at radius 2 is 1.96 bits per heavy atom. The van der Waals surface area contributed by atoms with Crippen molar-refractivity contribution in [3.63, 3.8) is 0 Å². The number of amides is 1. The highest BCUT2D eigenvalue weighted by Gasteiger charge is 2.41. The van der Waals surface area contributed by atoms with Crippen molar-refractivity contribution in [1.82, 2.24) is 10.0 Å². The number of hydrogen-bond donors (Lipinski definition) is 2. The third-order valence-electron chi connectivity index (χ3n) is 3.93. The summed E-state index contributed by atoms with van der Waals surface area (Å²) in [5, 5.41) is 2.75. The van der Waals surface area contributed by atoms with Crippen LogP contribution in [0.15, 0.2) is 46.7 Å². The first-order chi connectivity index (χ1) is 11.5. The molecule has 0 unspecified atom stereocenters. The van der Waals surface area contributed by atoms with E-state index in [2.05, 4.69) is 10.0 Å². The van der Waals surface area contributed by atoms with Crippen LogP contribution in [-0.4, -0.2) is 26.9 Å². The third kappa shape index (κ3) is 3.85. The standard InChI is InChI=1S/C17H20N2O3S2/c1-2-10-18-17(20)15-8-9-16(23-15)24(21,22)19-14-11-13(14)12-6-4-3-5-7-12/h3-9,13-14,19H,2,10-11H2,1H3,(H,18,20)/t13-,14+/m0/s1. The van der Waals surface area contributed by atoms with E-state index in [1.165, 1.54) is 6.07 Å². The van der Waals surface area contributed by atoms with Gasteiger partial charge in [-0.2, -0.15) is 0 Å². The first kappa shape index (κ1) is 17.1. The molecule has 1 aliphatic rings. The van der Waals surface area contributed by atoms with Gasteiger partial charge >= 0.3 is 0 Å². The Hall–Kier alpha value is -1.70. The number of hydrogen-bond acceptors (Lipinski definition) is 4. The molecule has 128 valence electrons. The number of rotatable bonds is 7. The molecule has 2 aromatic rings. The molecule has 3 rings (SSSR count). The highest BCUT2D eigenvalue weighted by Crippen LogP contribution is 2.41. The smallest absolute Gasteiger partial charge is 0.261 e. The maximum atomic E-state index is 12.5. The Morgan fingerprint density at radius 1 is 1.21 bits per heavy atom. The molecular weight excluding hydrogens is 344 g/mol. The summed E-state index contributed by atoms with van der Waals surface area (Å²) in [6.45, 7) is 2.55. The fraction of sp³-hybridized carbons (Fsp3) is 0.353. The molecule has 2 N–H and O–H groups in total. The second-order valence-corrected chi connectivity index (χ2v) is 8.88. The first-order valence-electron chi connectivity index (χ1n) is 7.96. The first-order valence-corrected chi connectivity index (χ1v) is 10.3. The van der Waals surface area contributed by atoms with E-state index in [-0.39, 0.29) is 22.1 Å². The molecule has 0 radical (unpaired) electrons. The number of thiophene rings is 1. The summed E-state index contributed by atoms with van der Waals surface area (Å²) in [6.07, 6.45) is 1.64. The van der Waals surface area contributed by atoms with Crippen LogP contribution in [-0.2, 0) is 10.0 Å². The monoisotopic (exact) mass is 364 g/mol. The van der Waals surface area contributed by atoms with E-state index in [1.807, 2.05) is 37.3 Å². The van der Waals surface area contributed by atoms with Gasteiger partial charge in [0.1, 0.15) is 4.21 Å². The zero-order chi connectivity index (χ0) is 17.2. The minimum Gasteiger partial charge on any atom is -0.351 e. The molecule has 2 atom stereocenters. The largest absolute Gasteiger partial charge is 0.351 e. The lowest BCUT2D eigenvalue weighted by Crippen LogP contribution is -2.26. The van der Waals surface area contributed by atoms with E-state index in [9.17, 15) is 13.2 Å². The third-order valence-corrected chi connectivity index (χ3v) is 7.00. The fourth-order valence-corrected chi connectivity index (χ4v) is 5.09. The molecule has 24 heavy (non-hydrogen) atoms. The van der Waals surface area contributed by atoms with Gasteiger partial charge in [0.25, 0.3) is 5.91 Å². The molecular formula is C17H20N2O3S2. The van der Waals surface area contributed by atoms with E-state index >= 15 is 0 Å². The van der Waals surface area contributed by atoms with Gasteiger partial charge in [-0.25, -0.2) is 13.1 Å². The predicted molar refractivity (Wildman–Crippen MR) is 94.9 cm³/mol. The van der Waals surface area contributed by atoms with Gasteiger partial charge in [-0.1, -0.05) is 37.3 Å². The molecule has 0 saturated heterocycles. The van der Waals surface area contributed by atoms with Crippen LogP contribution in [0.1, 0.15) is 40.9 Å². The Kier molecular flexibility index (Phi) is 5.03. The Morgan fingerprint density at radius 3 is 2.67 bits per heavy atom. The quantitative estimate of drug-likeness (QED) is 0.793. The van der Waals surface area contributed by atoms with Crippen LogP contribution < -0.4 is 10.0 Å². The highest BCUT2D eigenvalue weighted by atomic mass is 32.2. The summed E-state index contributed by atoms with van der Waals surface area (Å²) in [6, 6.07) is 12.9. The normalized spacial score (nSPS) is 19.9. The molecule has 0 bridgehead atoms. The molecule has 1 aromatic heterocycles. The van der Waals surface area contributed by atoms with Gasteiger partial charge in [-0.05, 0) is 30.5 Å². The van der Waals surface area contributed by atoms with Crippen molar-refractivity contribution in [2.45, 2.75) is 35.9 Å². The number of carbonyl (C=O) groups excluding carboxylic acids is 1. The summed E-state index contributed by atoms with van der Waals surface area (Å²) in [5.74, 6) is 0.00476. The van der Waals surface area contributed by atoms with Gasteiger partial charge in [-0.15, -0.1) is 11.3 Å². The SMILES string of the molecule is CCCNC(=O)c1ccc(S(=O)(=O)N[C@@H]2C[C@H]2c2ccccc2)s1. The number of nitrogens with one attached hydrogen (secondary N) is 2. The minimum absolute atomic E-state index is 0.0723. The van der Waals surface area contributed by atoms with Crippen molar-refractivity contribution in [3.05, 3.63) is 52.9 Å². The lowest BCUT2D eigenvalue weighted by Gasteiger charge is -2.04. The van der Waals surface area contributed by atoms with Crippen LogP contribution in [0.3, 0.4) is 0 Å². The maximum Gasteiger partial charge on any atom is 0.261 e. The summed E-state index contributed by atoms with van der Waals surface area (Å²) in [7, 11) is -3.58. The van der Waals surface area contributed by atoms with Crippen molar-refractivity contribution < 1.29 is 13.2 Å². The molecule has 0 aliphatic heterocycles. The van der Waals surface area contributed by atoms with Gasteiger partial charge in [0.2, 0.25) is 10.0 Å². The van der Waals surface area contributed by atoms with Crippen molar-refractivity contribution in [2.75, 3.05) is 6.54 Å². The zero-order valence-corrected chi connectivity index (χ0v) is 15.0. The Balaban J connectivity index is 1.64. The van der Waals surface area contributed by atoms with Gasteiger partial charge in [-0.3, -0.25) is 4.79 Å². The fourth-order valence-electron chi connectivity index (χ4n) is 2.56. The molecule has 1 heterocycles. The van der Waals surface area contributed by atoms with Crippen LogP contribution in [0.4, 0.5) is 0 Å². The molecule has 1 aromatic carbocycles. The number of benzene rings is 1. The Labute approximate surface area is 146 Å². The van der Waals surface area contributed by atoms with E-state index < -0.39 is 10.0 Å². The number of carbonyl (C=O) groups is 1. The second-order valence-electron chi connectivity index (χ2n) is 5.86. The topological polar surface area (TPSA) is 75.3 Å². The molecule has 5 nitrogen and oxygen atoms in total. The molecule has 1 saturated carbocycles. The molecule has 0 spiro atoms. The van der Waals surface area contributed by atoms with Gasteiger partial charge in [0, 0.05) is 18.5 Å². The van der Waals surface area contributed by atoms with Crippen LogP contribution >= 0.6 is 11.3 Å². The van der Waals surface area contributed by atoms with Crippen LogP contribution in [0, 0.1) is 0 Å². The lowest BCUT2D eigenvalue weighted by molar-refractivity contribution is 0.0957. The van der Waals surface area contributed by atoms with Crippen molar-refractivity contribution in [2.24, 2.45) is 0 Å². The molecule has 7 heteroatoms. The van der Waals surface area contributed by atoms with E-state index in [0.29, 0.717) is 11.4 Å². The van der Waals surface area contributed by atoms with Crippen molar-refractivity contribution in [1.29, 1.82) is 0 Å². The minimum atomic E-state index is -3.58. The van der Waals surface area contributed by atoms with Crippen LogP contribution in [0.2, 0.25) is 0 Å². The molecule has 1 amide bonds. The van der Waals surface area contributed by atoms with Gasteiger partial charge in [0.05, 0.1) is 4.88 Å². The van der Waals surface area contributed by atoms with Crippen LogP contribution in [0.5, 0.6) is 0 Å². The summed E-state index contributed by atoms with van der Waals surface area (Å²) in [4.78, 5) is 12.3. The molecule has 1 aliphatic carbocycles.